The van der Waals surface area contributed by atoms with Gasteiger partial charge in [0.25, 0.3) is 0 Å². The Hall–Kier alpha value is -0.130. The number of sulfone groups is 1. The Balaban J connectivity index is 1.78. The first-order chi connectivity index (χ1) is 8.52. The van der Waals surface area contributed by atoms with Crippen molar-refractivity contribution in [1.29, 1.82) is 0 Å². The molecule has 2 saturated heterocycles. The molecule has 0 spiro atoms. The van der Waals surface area contributed by atoms with E-state index in [4.69, 9.17) is 0 Å². The lowest BCUT2D eigenvalue weighted by molar-refractivity contribution is 0.0491. The quantitative estimate of drug-likeness (QED) is 0.813. The highest BCUT2D eigenvalue weighted by Gasteiger charge is 2.35. The van der Waals surface area contributed by atoms with Crippen molar-refractivity contribution in [3.63, 3.8) is 0 Å². The van der Waals surface area contributed by atoms with Crippen molar-refractivity contribution in [3.05, 3.63) is 0 Å². The van der Waals surface area contributed by atoms with E-state index < -0.39 is 9.84 Å². The molecule has 106 valence electrons. The van der Waals surface area contributed by atoms with Crippen LogP contribution in [0.3, 0.4) is 0 Å². The highest BCUT2D eigenvalue weighted by atomic mass is 32.2. The molecule has 2 rings (SSSR count). The smallest absolute Gasteiger partial charge is 0.151 e. The van der Waals surface area contributed by atoms with Crippen molar-refractivity contribution in [2.75, 3.05) is 25.1 Å². The van der Waals surface area contributed by atoms with Gasteiger partial charge in [-0.1, -0.05) is 13.3 Å². The topological polar surface area (TPSA) is 49.4 Å². The number of hydrogen-bond acceptors (Lipinski definition) is 4. The molecule has 0 aromatic rings. The van der Waals surface area contributed by atoms with Crippen LogP contribution in [0.25, 0.3) is 0 Å². The first-order valence-corrected chi connectivity index (χ1v) is 8.99. The second kappa shape index (κ2) is 5.88. The van der Waals surface area contributed by atoms with E-state index >= 15 is 0 Å². The van der Waals surface area contributed by atoms with E-state index in [1.165, 1.54) is 32.1 Å². The second-order valence-corrected chi connectivity index (χ2v) is 8.24. The summed E-state index contributed by atoms with van der Waals surface area (Å²) in [5.41, 5.74) is 0. The van der Waals surface area contributed by atoms with E-state index in [9.17, 15) is 8.42 Å². The van der Waals surface area contributed by atoms with Gasteiger partial charge in [0.15, 0.2) is 9.84 Å². The van der Waals surface area contributed by atoms with Crippen LogP contribution < -0.4 is 5.32 Å². The average Bonchev–Trinajstić information content (AvgIpc) is 2.30. The zero-order valence-corrected chi connectivity index (χ0v) is 12.4. The molecule has 0 radical (unpaired) electrons. The predicted octanol–water partition coefficient (Wildman–Crippen LogP) is 1.03. The zero-order chi connectivity index (χ0) is 13.2. The summed E-state index contributed by atoms with van der Waals surface area (Å²) in [6.45, 7) is 2.33. The second-order valence-electron chi connectivity index (χ2n) is 5.76. The lowest BCUT2D eigenvalue weighted by Gasteiger charge is -2.47. The van der Waals surface area contributed by atoms with E-state index in [-0.39, 0.29) is 11.5 Å². The van der Waals surface area contributed by atoms with Crippen LogP contribution >= 0.6 is 0 Å². The maximum atomic E-state index is 11.4. The molecule has 4 nitrogen and oxygen atoms in total. The number of rotatable bonds is 5. The van der Waals surface area contributed by atoms with Crippen LogP contribution in [0.2, 0.25) is 0 Å². The molecule has 0 amide bonds. The van der Waals surface area contributed by atoms with Crippen LogP contribution in [-0.2, 0) is 9.84 Å². The molecule has 2 bridgehead atoms. The highest BCUT2D eigenvalue weighted by molar-refractivity contribution is 7.91. The number of fused-ring (bicyclic) bond motifs is 2. The molecule has 2 aliphatic heterocycles. The molecule has 0 aromatic heterocycles. The standard InChI is InChI=1S/C13H26N2O2S/c1-3-18(16,17)8-7-14-11-9-12-5-4-6-13(10-11)15(12)2/h11-14H,3-10H2,1-2H3. The maximum absolute atomic E-state index is 11.4. The number of nitrogens with zero attached hydrogens (tertiary/aromatic N) is 1. The summed E-state index contributed by atoms with van der Waals surface area (Å²) in [5.74, 6) is 0.540. The minimum atomic E-state index is -2.82. The van der Waals surface area contributed by atoms with Crippen LogP contribution in [0.1, 0.15) is 39.0 Å². The van der Waals surface area contributed by atoms with Crippen molar-refractivity contribution in [2.24, 2.45) is 0 Å². The molecule has 5 heteroatoms. The average molecular weight is 274 g/mol. The molecule has 2 aliphatic rings. The number of nitrogens with one attached hydrogen (secondary N) is 1. The summed E-state index contributed by atoms with van der Waals surface area (Å²) in [4.78, 5) is 2.53. The Kier molecular flexibility index (Phi) is 4.67. The van der Waals surface area contributed by atoms with Crippen molar-refractivity contribution in [3.8, 4) is 0 Å². The van der Waals surface area contributed by atoms with Gasteiger partial charge < -0.3 is 10.2 Å². The fraction of sp³-hybridized carbons (Fsp3) is 1.00. The summed E-state index contributed by atoms with van der Waals surface area (Å²) < 4.78 is 22.9. The van der Waals surface area contributed by atoms with E-state index in [1.807, 2.05) is 0 Å². The van der Waals surface area contributed by atoms with Crippen LogP contribution in [-0.4, -0.2) is 56.5 Å². The molecule has 18 heavy (non-hydrogen) atoms. The first-order valence-electron chi connectivity index (χ1n) is 7.17. The van der Waals surface area contributed by atoms with E-state index in [0.29, 0.717) is 24.7 Å². The molecule has 2 heterocycles. The van der Waals surface area contributed by atoms with Crippen LogP contribution in [0.4, 0.5) is 0 Å². The zero-order valence-electron chi connectivity index (χ0n) is 11.6. The van der Waals surface area contributed by atoms with Crippen LogP contribution in [0.5, 0.6) is 0 Å². The van der Waals surface area contributed by atoms with Crippen molar-refractivity contribution in [1.82, 2.24) is 10.2 Å². The molecule has 0 aromatic carbocycles. The van der Waals surface area contributed by atoms with Crippen molar-refractivity contribution in [2.45, 2.75) is 57.2 Å². The summed E-state index contributed by atoms with van der Waals surface area (Å²) in [6, 6.07) is 1.93. The molecular weight excluding hydrogens is 248 g/mol. The normalized spacial score (nSPS) is 33.6. The van der Waals surface area contributed by atoms with Gasteiger partial charge in [0.2, 0.25) is 0 Å². The highest BCUT2D eigenvalue weighted by Crippen LogP contribution is 2.32. The third-order valence-electron chi connectivity index (χ3n) is 4.63. The summed E-state index contributed by atoms with van der Waals surface area (Å²) >= 11 is 0. The van der Waals surface area contributed by atoms with E-state index in [1.54, 1.807) is 6.92 Å². The van der Waals surface area contributed by atoms with Gasteiger partial charge in [-0.25, -0.2) is 8.42 Å². The van der Waals surface area contributed by atoms with Gasteiger partial charge in [-0.3, -0.25) is 0 Å². The van der Waals surface area contributed by atoms with Crippen molar-refractivity contribution < 1.29 is 8.42 Å². The van der Waals surface area contributed by atoms with Gasteiger partial charge in [-0.15, -0.1) is 0 Å². The van der Waals surface area contributed by atoms with Gasteiger partial charge in [-0.2, -0.15) is 0 Å². The minimum absolute atomic E-state index is 0.257. The Labute approximate surface area is 111 Å². The molecule has 2 fully saturated rings. The molecule has 1 N–H and O–H groups in total. The molecule has 0 aliphatic carbocycles. The van der Waals surface area contributed by atoms with Gasteiger partial charge >= 0.3 is 0 Å². The van der Waals surface area contributed by atoms with Crippen LogP contribution in [0, 0.1) is 0 Å². The van der Waals surface area contributed by atoms with E-state index in [0.717, 1.165) is 0 Å². The lowest BCUT2D eigenvalue weighted by atomic mass is 9.82. The van der Waals surface area contributed by atoms with Gasteiger partial charge in [0.05, 0.1) is 5.75 Å². The Morgan fingerprint density at radius 2 is 1.83 bits per heavy atom. The molecular formula is C13H26N2O2S. The van der Waals surface area contributed by atoms with Gasteiger partial charge in [0, 0.05) is 30.4 Å². The predicted molar refractivity (Wildman–Crippen MR) is 74.5 cm³/mol. The summed E-state index contributed by atoms with van der Waals surface area (Å²) in [5, 5.41) is 3.46. The summed E-state index contributed by atoms with van der Waals surface area (Å²) in [7, 11) is -0.580. The Morgan fingerprint density at radius 3 is 2.39 bits per heavy atom. The summed E-state index contributed by atoms with van der Waals surface area (Å²) in [6.07, 6.45) is 6.33. The molecule has 2 unspecified atom stereocenters. The Bertz CT molecular complexity index is 355. The SMILES string of the molecule is CCS(=O)(=O)CCNC1CC2CCCC(C1)N2C. The maximum Gasteiger partial charge on any atom is 0.151 e. The largest absolute Gasteiger partial charge is 0.313 e. The minimum Gasteiger partial charge on any atom is -0.313 e. The monoisotopic (exact) mass is 274 g/mol. The van der Waals surface area contributed by atoms with Crippen molar-refractivity contribution >= 4 is 9.84 Å². The Morgan fingerprint density at radius 1 is 1.22 bits per heavy atom. The third kappa shape index (κ3) is 3.45. The fourth-order valence-corrected chi connectivity index (χ4v) is 4.06. The van der Waals surface area contributed by atoms with Gasteiger partial charge in [0.1, 0.15) is 0 Å². The first kappa shape index (κ1) is 14.3. The number of piperidine rings is 2. The lowest BCUT2D eigenvalue weighted by Crippen LogP contribution is -2.54. The van der Waals surface area contributed by atoms with Gasteiger partial charge in [-0.05, 0) is 32.7 Å². The molecule has 2 atom stereocenters. The van der Waals surface area contributed by atoms with E-state index in [2.05, 4.69) is 17.3 Å². The van der Waals surface area contributed by atoms with Crippen LogP contribution in [0.15, 0.2) is 0 Å². The molecule has 0 saturated carbocycles. The fourth-order valence-electron chi connectivity index (χ4n) is 3.35. The number of hydrogen-bond donors (Lipinski definition) is 1. The third-order valence-corrected chi connectivity index (χ3v) is 6.33.